The number of piperidine rings is 1. The second kappa shape index (κ2) is 9.03. The van der Waals surface area contributed by atoms with E-state index < -0.39 is 15.9 Å². The van der Waals surface area contributed by atoms with Crippen molar-refractivity contribution in [2.24, 2.45) is 5.92 Å². The third-order valence-corrected chi connectivity index (χ3v) is 8.91. The molecule has 2 saturated heterocycles. The summed E-state index contributed by atoms with van der Waals surface area (Å²) in [6.07, 6.45) is 3.58. The molecule has 8 nitrogen and oxygen atoms in total. The van der Waals surface area contributed by atoms with Crippen molar-refractivity contribution in [3.8, 4) is 5.75 Å². The van der Waals surface area contributed by atoms with Crippen molar-refractivity contribution in [2.45, 2.75) is 37.0 Å². The van der Waals surface area contributed by atoms with Gasteiger partial charge in [-0.2, -0.15) is 4.31 Å². The molecule has 9 heteroatoms. The third-order valence-electron chi connectivity index (χ3n) is 7.02. The maximum Gasteiger partial charge on any atom is 0.243 e. The van der Waals surface area contributed by atoms with Crippen LogP contribution in [0.3, 0.4) is 0 Å². The highest BCUT2D eigenvalue weighted by molar-refractivity contribution is 7.89. The number of carbonyl (C=O) groups excluding carboxylic acids is 2. The number of amides is 2. The first kappa shape index (κ1) is 22.9. The fourth-order valence-electron chi connectivity index (χ4n) is 5.20. The highest BCUT2D eigenvalue weighted by Crippen LogP contribution is 2.36. The zero-order valence-electron chi connectivity index (χ0n) is 19.3. The minimum atomic E-state index is -3.52. The Morgan fingerprint density at radius 2 is 1.76 bits per heavy atom. The van der Waals surface area contributed by atoms with Gasteiger partial charge in [0.05, 0.1) is 23.6 Å². The Kier molecular flexibility index (Phi) is 6.07. The first-order chi connectivity index (χ1) is 16.4. The number of hydrogen-bond acceptors (Lipinski definition) is 5. The van der Waals surface area contributed by atoms with Gasteiger partial charge in [0, 0.05) is 38.3 Å². The summed E-state index contributed by atoms with van der Waals surface area (Å²) in [4.78, 5) is 29.8. The van der Waals surface area contributed by atoms with E-state index in [0.717, 1.165) is 30.5 Å². The van der Waals surface area contributed by atoms with E-state index in [2.05, 4.69) is 0 Å². The van der Waals surface area contributed by atoms with Crippen molar-refractivity contribution in [3.05, 3.63) is 48.0 Å². The minimum absolute atomic E-state index is 0.101. The Labute approximate surface area is 200 Å². The van der Waals surface area contributed by atoms with Gasteiger partial charge in [-0.15, -0.1) is 0 Å². The average Bonchev–Trinajstić information content (AvgIpc) is 3.47. The van der Waals surface area contributed by atoms with Crippen molar-refractivity contribution < 1.29 is 22.7 Å². The zero-order valence-corrected chi connectivity index (χ0v) is 20.1. The lowest BCUT2D eigenvalue weighted by Gasteiger charge is -2.26. The normalized spacial score (nSPS) is 21.1. The van der Waals surface area contributed by atoms with Gasteiger partial charge in [-0.1, -0.05) is 18.6 Å². The van der Waals surface area contributed by atoms with Crippen LogP contribution in [0.5, 0.6) is 5.75 Å². The second-order valence-electron chi connectivity index (χ2n) is 9.07. The number of sulfonamides is 1. The monoisotopic (exact) mass is 483 g/mol. The molecule has 0 radical (unpaired) electrons. The smallest absolute Gasteiger partial charge is 0.243 e. The quantitative estimate of drug-likeness (QED) is 0.653. The molecular formula is C25H29N3O5S. The average molecular weight is 484 g/mol. The van der Waals surface area contributed by atoms with Crippen LogP contribution in [0.4, 0.5) is 11.4 Å². The standard InChI is InChI=1S/C25H29N3O5S/c1-33-23-8-4-3-7-22(23)28-17-19(16-24(28)29)25(30)27-14-11-18-15-20(9-10-21(18)27)34(31,32)26-12-5-2-6-13-26/h3-4,7-10,15,19H,2,5-6,11-14,16-17H2,1H3. The summed E-state index contributed by atoms with van der Waals surface area (Å²) in [5, 5.41) is 0. The molecule has 34 heavy (non-hydrogen) atoms. The van der Waals surface area contributed by atoms with Crippen LogP contribution in [-0.4, -0.2) is 57.8 Å². The molecule has 0 spiro atoms. The van der Waals surface area contributed by atoms with Crippen LogP contribution in [-0.2, 0) is 26.0 Å². The molecule has 0 aromatic heterocycles. The molecule has 2 aromatic carbocycles. The van der Waals surface area contributed by atoms with Crippen LogP contribution in [0.2, 0.25) is 0 Å². The molecule has 0 aliphatic carbocycles. The Morgan fingerprint density at radius 3 is 2.53 bits per heavy atom. The summed E-state index contributed by atoms with van der Waals surface area (Å²) in [5.41, 5.74) is 2.27. The maximum atomic E-state index is 13.4. The van der Waals surface area contributed by atoms with Crippen LogP contribution in [0, 0.1) is 5.92 Å². The van der Waals surface area contributed by atoms with E-state index in [9.17, 15) is 18.0 Å². The Bertz CT molecular complexity index is 1220. The fraction of sp³-hybridized carbons (Fsp3) is 0.440. The minimum Gasteiger partial charge on any atom is -0.495 e. The van der Waals surface area contributed by atoms with Gasteiger partial charge in [-0.05, 0) is 55.2 Å². The van der Waals surface area contributed by atoms with Crippen molar-refractivity contribution in [1.29, 1.82) is 0 Å². The molecule has 3 aliphatic heterocycles. The molecule has 2 amide bonds. The molecule has 180 valence electrons. The summed E-state index contributed by atoms with van der Waals surface area (Å²) in [7, 11) is -1.96. The van der Waals surface area contributed by atoms with E-state index in [-0.39, 0.29) is 18.2 Å². The molecule has 0 bridgehead atoms. The van der Waals surface area contributed by atoms with E-state index in [1.54, 1.807) is 45.5 Å². The molecule has 1 unspecified atom stereocenters. The summed E-state index contributed by atoms with van der Waals surface area (Å²) >= 11 is 0. The Morgan fingerprint density at radius 1 is 1.00 bits per heavy atom. The number of fused-ring (bicyclic) bond motifs is 1. The lowest BCUT2D eigenvalue weighted by Crippen LogP contribution is -2.36. The van der Waals surface area contributed by atoms with Crippen LogP contribution < -0.4 is 14.5 Å². The van der Waals surface area contributed by atoms with E-state index in [4.69, 9.17) is 4.74 Å². The van der Waals surface area contributed by atoms with Crippen molar-refractivity contribution in [2.75, 3.05) is 43.1 Å². The number of methoxy groups -OCH3 is 1. The summed E-state index contributed by atoms with van der Waals surface area (Å²) in [5.74, 6) is -0.0700. The van der Waals surface area contributed by atoms with Crippen molar-refractivity contribution >= 4 is 33.2 Å². The van der Waals surface area contributed by atoms with Crippen LogP contribution in [0.15, 0.2) is 47.4 Å². The van der Waals surface area contributed by atoms with Gasteiger partial charge in [0.15, 0.2) is 0 Å². The molecule has 2 fully saturated rings. The van der Waals surface area contributed by atoms with E-state index in [1.807, 2.05) is 18.2 Å². The van der Waals surface area contributed by atoms with Gasteiger partial charge in [-0.3, -0.25) is 9.59 Å². The van der Waals surface area contributed by atoms with Gasteiger partial charge in [0.25, 0.3) is 0 Å². The maximum absolute atomic E-state index is 13.4. The predicted octanol–water partition coefficient (Wildman–Crippen LogP) is 2.81. The number of para-hydroxylation sites is 2. The first-order valence-corrected chi connectivity index (χ1v) is 13.2. The number of rotatable bonds is 5. The lowest BCUT2D eigenvalue weighted by molar-refractivity contribution is -0.124. The van der Waals surface area contributed by atoms with Gasteiger partial charge in [0.2, 0.25) is 21.8 Å². The molecule has 0 N–H and O–H groups in total. The highest BCUT2D eigenvalue weighted by atomic mass is 32.2. The number of carbonyl (C=O) groups is 2. The highest BCUT2D eigenvalue weighted by Gasteiger charge is 2.40. The second-order valence-corrected chi connectivity index (χ2v) is 11.0. The number of anilines is 2. The summed E-state index contributed by atoms with van der Waals surface area (Å²) in [6, 6.07) is 12.4. The van der Waals surface area contributed by atoms with E-state index in [0.29, 0.717) is 48.9 Å². The SMILES string of the molecule is COc1ccccc1N1CC(C(=O)N2CCc3cc(S(=O)(=O)N4CCCCC4)ccc32)CC1=O. The molecule has 5 rings (SSSR count). The molecule has 0 saturated carbocycles. The molecular weight excluding hydrogens is 454 g/mol. The van der Waals surface area contributed by atoms with Crippen LogP contribution >= 0.6 is 0 Å². The Balaban J connectivity index is 1.34. The molecule has 1 atom stereocenters. The van der Waals surface area contributed by atoms with Gasteiger partial charge < -0.3 is 14.5 Å². The molecule has 3 heterocycles. The predicted molar refractivity (Wildman–Crippen MR) is 129 cm³/mol. The van der Waals surface area contributed by atoms with Gasteiger partial charge in [0.1, 0.15) is 5.75 Å². The van der Waals surface area contributed by atoms with Crippen LogP contribution in [0.25, 0.3) is 0 Å². The zero-order chi connectivity index (χ0) is 23.9. The fourth-order valence-corrected chi connectivity index (χ4v) is 6.77. The number of benzene rings is 2. The lowest BCUT2D eigenvalue weighted by atomic mass is 10.1. The van der Waals surface area contributed by atoms with Gasteiger partial charge >= 0.3 is 0 Å². The first-order valence-electron chi connectivity index (χ1n) is 11.8. The van der Waals surface area contributed by atoms with Crippen molar-refractivity contribution in [3.63, 3.8) is 0 Å². The third kappa shape index (κ3) is 3.96. The molecule has 3 aliphatic rings. The topological polar surface area (TPSA) is 87.2 Å². The number of nitrogens with zero attached hydrogens (tertiary/aromatic N) is 3. The van der Waals surface area contributed by atoms with Crippen molar-refractivity contribution in [1.82, 2.24) is 4.31 Å². The summed E-state index contributed by atoms with van der Waals surface area (Å²) < 4.78 is 33.1. The van der Waals surface area contributed by atoms with E-state index in [1.165, 1.54) is 0 Å². The van der Waals surface area contributed by atoms with Crippen LogP contribution in [0.1, 0.15) is 31.2 Å². The molecule has 2 aromatic rings. The Hall–Kier alpha value is -2.91. The van der Waals surface area contributed by atoms with E-state index >= 15 is 0 Å². The summed E-state index contributed by atoms with van der Waals surface area (Å²) in [6.45, 7) is 1.90. The number of hydrogen-bond donors (Lipinski definition) is 0. The largest absolute Gasteiger partial charge is 0.495 e. The number of ether oxygens (including phenoxy) is 1. The van der Waals surface area contributed by atoms with Gasteiger partial charge in [-0.25, -0.2) is 8.42 Å².